The van der Waals surface area contributed by atoms with Gasteiger partial charge in [-0.05, 0) is 62.7 Å². The number of rotatable bonds is 6. The van der Waals surface area contributed by atoms with Gasteiger partial charge < -0.3 is 15.3 Å². The van der Waals surface area contributed by atoms with E-state index in [0.29, 0.717) is 11.4 Å². The third-order valence-electron chi connectivity index (χ3n) is 4.63. The van der Waals surface area contributed by atoms with Crippen LogP contribution in [-0.2, 0) is 0 Å². The number of anilines is 2. The fourth-order valence-electron chi connectivity index (χ4n) is 3.09. The van der Waals surface area contributed by atoms with E-state index in [2.05, 4.69) is 29.2 Å². The van der Waals surface area contributed by atoms with Crippen molar-refractivity contribution in [3.63, 3.8) is 0 Å². The molecule has 1 amide bonds. The number of hydrogen-bond donors (Lipinski definition) is 2. The van der Waals surface area contributed by atoms with Gasteiger partial charge in [-0.15, -0.1) is 0 Å². The summed E-state index contributed by atoms with van der Waals surface area (Å²) in [5, 5.41) is 16.9. The number of nitrogens with one attached hydrogen (secondary N) is 1. The molecule has 0 atom stereocenters. The number of amides is 1. The molecule has 3 rings (SSSR count). The van der Waals surface area contributed by atoms with Crippen LogP contribution in [0.4, 0.5) is 11.4 Å². The number of nitrogens with zero attached hydrogens (tertiary/aromatic N) is 3. The Kier molecular flexibility index (Phi) is 5.97. The molecule has 0 fully saturated rings. The minimum absolute atomic E-state index is 0.223. The molecule has 2 aromatic carbocycles. The highest BCUT2D eigenvalue weighted by atomic mass is 16.3. The van der Waals surface area contributed by atoms with E-state index in [1.54, 1.807) is 30.3 Å². The Morgan fingerprint density at radius 1 is 1.10 bits per heavy atom. The van der Waals surface area contributed by atoms with E-state index in [4.69, 9.17) is 0 Å². The molecule has 3 aromatic rings. The van der Waals surface area contributed by atoms with Crippen molar-refractivity contribution in [2.24, 2.45) is 0 Å². The van der Waals surface area contributed by atoms with E-state index < -0.39 is 17.2 Å². The molecule has 1 aromatic heterocycles. The average Bonchev–Trinajstić information content (AvgIpc) is 2.70. The number of hydrogen-bond acceptors (Lipinski definition) is 5. The Morgan fingerprint density at radius 3 is 2.41 bits per heavy atom. The summed E-state index contributed by atoms with van der Waals surface area (Å²) in [6.07, 6.45) is 0. The zero-order valence-electron chi connectivity index (χ0n) is 16.7. The van der Waals surface area contributed by atoms with Gasteiger partial charge in [-0.3, -0.25) is 9.59 Å². The monoisotopic (exact) mass is 392 g/mol. The molecule has 0 saturated heterocycles. The molecule has 150 valence electrons. The summed E-state index contributed by atoms with van der Waals surface area (Å²) >= 11 is 0. The Hall–Kier alpha value is -3.61. The number of aromatic nitrogens is 2. The van der Waals surface area contributed by atoms with Gasteiger partial charge in [0.05, 0.1) is 5.69 Å². The highest BCUT2D eigenvalue weighted by Gasteiger charge is 2.17. The van der Waals surface area contributed by atoms with Gasteiger partial charge in [0.2, 0.25) is 0 Å². The highest BCUT2D eigenvalue weighted by Crippen LogP contribution is 2.20. The smallest absolute Gasteiger partial charge is 0.279 e. The molecule has 0 radical (unpaired) electrons. The molecule has 7 nitrogen and oxygen atoms in total. The van der Waals surface area contributed by atoms with E-state index in [1.807, 2.05) is 25.1 Å². The van der Waals surface area contributed by atoms with Crippen molar-refractivity contribution in [2.45, 2.75) is 20.8 Å². The van der Waals surface area contributed by atoms with Crippen molar-refractivity contribution in [2.75, 3.05) is 23.3 Å². The second-order valence-corrected chi connectivity index (χ2v) is 6.64. The first-order chi connectivity index (χ1) is 13.9. The molecule has 29 heavy (non-hydrogen) atoms. The van der Waals surface area contributed by atoms with Crippen LogP contribution in [0.25, 0.3) is 5.69 Å². The summed E-state index contributed by atoms with van der Waals surface area (Å²) in [6.45, 7) is 7.83. The van der Waals surface area contributed by atoms with Crippen LogP contribution in [0, 0.1) is 6.92 Å². The second-order valence-electron chi connectivity index (χ2n) is 6.64. The number of benzene rings is 2. The van der Waals surface area contributed by atoms with E-state index in [-0.39, 0.29) is 5.69 Å². The maximum absolute atomic E-state index is 12.7. The summed E-state index contributed by atoms with van der Waals surface area (Å²) in [5.74, 6) is -1.06. The van der Waals surface area contributed by atoms with Gasteiger partial charge >= 0.3 is 0 Å². The molecule has 0 saturated carbocycles. The zero-order chi connectivity index (χ0) is 21.0. The van der Waals surface area contributed by atoms with Crippen molar-refractivity contribution in [3.8, 4) is 11.4 Å². The van der Waals surface area contributed by atoms with Gasteiger partial charge in [0.1, 0.15) is 0 Å². The lowest BCUT2D eigenvalue weighted by atomic mass is 10.2. The molecule has 0 spiro atoms. The van der Waals surface area contributed by atoms with E-state index in [1.165, 1.54) is 0 Å². The average molecular weight is 392 g/mol. The van der Waals surface area contributed by atoms with Crippen LogP contribution in [0.5, 0.6) is 5.75 Å². The quantitative estimate of drug-likeness (QED) is 0.672. The Labute approximate surface area is 169 Å². The van der Waals surface area contributed by atoms with Crippen LogP contribution >= 0.6 is 0 Å². The topological polar surface area (TPSA) is 87.5 Å². The summed E-state index contributed by atoms with van der Waals surface area (Å²) in [7, 11) is 0. The predicted octanol–water partition coefficient (Wildman–Crippen LogP) is 3.35. The van der Waals surface area contributed by atoms with Crippen LogP contribution in [0.3, 0.4) is 0 Å². The van der Waals surface area contributed by atoms with Crippen LogP contribution in [0.15, 0.2) is 59.4 Å². The molecule has 7 heteroatoms. The number of carbonyl (C=O) groups excluding carboxylic acids is 1. The van der Waals surface area contributed by atoms with Gasteiger partial charge in [-0.1, -0.05) is 12.1 Å². The van der Waals surface area contributed by atoms with Crippen LogP contribution in [0.2, 0.25) is 0 Å². The standard InChI is InChI=1S/C22H24N4O3/c1-4-25(5-2)17-11-9-16(10-12-17)23-22(29)21-19(27)14-20(28)26(24-21)18-8-6-7-15(3)13-18/h6-14,27H,4-5H2,1-3H3,(H,23,29). The van der Waals surface area contributed by atoms with Crippen molar-refractivity contribution < 1.29 is 9.90 Å². The Balaban J connectivity index is 1.87. The zero-order valence-corrected chi connectivity index (χ0v) is 16.7. The number of aryl methyl sites for hydroxylation is 1. The third-order valence-corrected chi connectivity index (χ3v) is 4.63. The van der Waals surface area contributed by atoms with Crippen molar-refractivity contribution in [1.29, 1.82) is 0 Å². The van der Waals surface area contributed by atoms with Gasteiger partial charge in [0.25, 0.3) is 11.5 Å². The van der Waals surface area contributed by atoms with E-state index in [0.717, 1.165) is 35.1 Å². The van der Waals surface area contributed by atoms with Crippen LogP contribution in [0.1, 0.15) is 29.9 Å². The van der Waals surface area contributed by atoms with Gasteiger partial charge in [0.15, 0.2) is 11.4 Å². The number of carbonyl (C=O) groups is 1. The predicted molar refractivity (Wildman–Crippen MR) is 114 cm³/mol. The molecule has 2 N–H and O–H groups in total. The molecule has 0 bridgehead atoms. The maximum atomic E-state index is 12.7. The minimum Gasteiger partial charge on any atom is -0.505 e. The first kappa shape index (κ1) is 20.1. The summed E-state index contributed by atoms with van der Waals surface area (Å²) < 4.78 is 1.10. The Morgan fingerprint density at radius 2 is 1.79 bits per heavy atom. The van der Waals surface area contributed by atoms with Crippen molar-refractivity contribution in [1.82, 2.24) is 9.78 Å². The number of aromatic hydroxyl groups is 1. The molecule has 0 aliphatic heterocycles. The van der Waals surface area contributed by atoms with Crippen molar-refractivity contribution in [3.05, 3.63) is 76.2 Å². The largest absolute Gasteiger partial charge is 0.505 e. The van der Waals surface area contributed by atoms with E-state index in [9.17, 15) is 14.7 Å². The lowest BCUT2D eigenvalue weighted by Crippen LogP contribution is -2.25. The van der Waals surface area contributed by atoms with Crippen molar-refractivity contribution >= 4 is 17.3 Å². The normalized spacial score (nSPS) is 10.6. The maximum Gasteiger partial charge on any atom is 0.279 e. The van der Waals surface area contributed by atoms with Crippen LogP contribution < -0.4 is 15.8 Å². The fraction of sp³-hybridized carbons (Fsp3) is 0.227. The SMILES string of the molecule is CCN(CC)c1ccc(NC(=O)c2nn(-c3cccc(C)c3)c(=O)cc2O)cc1. The molecule has 0 aliphatic rings. The molecular weight excluding hydrogens is 368 g/mol. The van der Waals surface area contributed by atoms with Gasteiger partial charge in [-0.2, -0.15) is 9.78 Å². The summed E-state index contributed by atoms with van der Waals surface area (Å²) in [5.41, 5.74) is 2.35. The molecule has 0 aliphatic carbocycles. The third kappa shape index (κ3) is 4.45. The van der Waals surface area contributed by atoms with Gasteiger partial charge in [0, 0.05) is 30.5 Å². The molecule has 0 unspecified atom stereocenters. The molecule has 1 heterocycles. The molecular formula is C22H24N4O3. The van der Waals surface area contributed by atoms with Gasteiger partial charge in [-0.25, -0.2) is 0 Å². The summed E-state index contributed by atoms with van der Waals surface area (Å²) in [6, 6.07) is 15.6. The first-order valence-corrected chi connectivity index (χ1v) is 9.49. The summed E-state index contributed by atoms with van der Waals surface area (Å²) in [4.78, 5) is 27.1. The minimum atomic E-state index is -0.598. The lowest BCUT2D eigenvalue weighted by molar-refractivity contribution is 0.101. The first-order valence-electron chi connectivity index (χ1n) is 9.49. The van der Waals surface area contributed by atoms with E-state index >= 15 is 0 Å². The fourth-order valence-corrected chi connectivity index (χ4v) is 3.09. The Bertz CT molecular complexity index is 1070. The lowest BCUT2D eigenvalue weighted by Gasteiger charge is -2.21. The van der Waals surface area contributed by atoms with Crippen LogP contribution in [-0.4, -0.2) is 33.9 Å². The highest BCUT2D eigenvalue weighted by molar-refractivity contribution is 6.04. The second kappa shape index (κ2) is 8.60.